The second-order valence-corrected chi connectivity index (χ2v) is 8.05. The Kier molecular flexibility index (Phi) is 6.13. The molecule has 0 bridgehead atoms. The average molecular weight is 434 g/mol. The first-order chi connectivity index (χ1) is 15.3. The van der Waals surface area contributed by atoms with Gasteiger partial charge in [0.25, 0.3) is 0 Å². The SMILES string of the molecule is Cc1ccc(CCc2ccc(-c3ccc(-c4ccc(C)c(F)c4F)cc3F)c(F)c2)cc1. The molecule has 4 heteroatoms. The molecular weight excluding hydrogens is 412 g/mol. The number of benzene rings is 4. The molecule has 0 heterocycles. The van der Waals surface area contributed by atoms with Gasteiger partial charge in [-0.1, -0.05) is 66.2 Å². The van der Waals surface area contributed by atoms with Crippen molar-refractivity contribution in [3.63, 3.8) is 0 Å². The summed E-state index contributed by atoms with van der Waals surface area (Å²) >= 11 is 0. The molecule has 0 aliphatic heterocycles. The fourth-order valence-corrected chi connectivity index (χ4v) is 3.75. The van der Waals surface area contributed by atoms with Gasteiger partial charge in [-0.3, -0.25) is 0 Å². The molecule has 0 aliphatic rings. The smallest absolute Gasteiger partial charge is 0.166 e. The number of hydrogen-bond donors (Lipinski definition) is 0. The standard InChI is InChI=1S/C28H22F4/c1-17-3-6-19(7-4-17)8-9-20-10-13-23(25(29)15-20)24-14-11-21(16-26(24)30)22-12-5-18(2)27(31)28(22)32/h3-7,10-16H,8-9H2,1-2H3. The quantitative estimate of drug-likeness (QED) is 0.279. The lowest BCUT2D eigenvalue weighted by Gasteiger charge is -2.11. The Morgan fingerprint density at radius 1 is 0.531 bits per heavy atom. The van der Waals surface area contributed by atoms with Crippen LogP contribution in [0.5, 0.6) is 0 Å². The first-order valence-corrected chi connectivity index (χ1v) is 10.4. The van der Waals surface area contributed by atoms with Crippen molar-refractivity contribution in [1.82, 2.24) is 0 Å². The van der Waals surface area contributed by atoms with Gasteiger partial charge in [-0.25, -0.2) is 17.6 Å². The lowest BCUT2D eigenvalue weighted by molar-refractivity contribution is 0.505. The maximum atomic E-state index is 14.8. The summed E-state index contributed by atoms with van der Waals surface area (Å²) in [4.78, 5) is 0. The van der Waals surface area contributed by atoms with Crippen LogP contribution in [0.15, 0.2) is 72.8 Å². The molecule has 0 nitrogen and oxygen atoms in total. The van der Waals surface area contributed by atoms with Crippen LogP contribution in [0.1, 0.15) is 22.3 Å². The monoisotopic (exact) mass is 434 g/mol. The van der Waals surface area contributed by atoms with E-state index in [9.17, 15) is 17.6 Å². The largest absolute Gasteiger partial charge is 0.206 e. The van der Waals surface area contributed by atoms with Gasteiger partial charge in [0.15, 0.2) is 11.6 Å². The highest BCUT2D eigenvalue weighted by atomic mass is 19.2. The lowest BCUT2D eigenvalue weighted by Crippen LogP contribution is -1.96. The summed E-state index contributed by atoms with van der Waals surface area (Å²) in [6.07, 6.45) is 1.45. The Balaban J connectivity index is 1.57. The van der Waals surface area contributed by atoms with Crippen molar-refractivity contribution < 1.29 is 17.6 Å². The van der Waals surface area contributed by atoms with Crippen molar-refractivity contribution in [1.29, 1.82) is 0 Å². The molecule has 0 aliphatic carbocycles. The predicted molar refractivity (Wildman–Crippen MR) is 120 cm³/mol. The van der Waals surface area contributed by atoms with Crippen molar-refractivity contribution in [2.75, 3.05) is 0 Å². The molecule has 0 spiro atoms. The Hall–Kier alpha value is -3.40. The van der Waals surface area contributed by atoms with E-state index in [-0.39, 0.29) is 27.8 Å². The molecule has 0 atom stereocenters. The topological polar surface area (TPSA) is 0 Å². The predicted octanol–water partition coefficient (Wildman–Crippen LogP) is 7.98. The van der Waals surface area contributed by atoms with Gasteiger partial charge in [-0.15, -0.1) is 0 Å². The van der Waals surface area contributed by atoms with Crippen molar-refractivity contribution in [3.8, 4) is 22.3 Å². The first kappa shape index (κ1) is 21.8. The molecule has 0 unspecified atom stereocenters. The minimum absolute atomic E-state index is 0.0366. The van der Waals surface area contributed by atoms with E-state index < -0.39 is 23.3 Å². The van der Waals surface area contributed by atoms with Crippen LogP contribution in [0.25, 0.3) is 22.3 Å². The number of hydrogen-bond acceptors (Lipinski definition) is 0. The molecule has 162 valence electrons. The minimum Gasteiger partial charge on any atom is -0.206 e. The van der Waals surface area contributed by atoms with Gasteiger partial charge in [0.2, 0.25) is 0 Å². The van der Waals surface area contributed by atoms with Gasteiger partial charge in [0.05, 0.1) is 0 Å². The molecule has 0 saturated carbocycles. The van der Waals surface area contributed by atoms with E-state index in [4.69, 9.17) is 0 Å². The van der Waals surface area contributed by atoms with Gasteiger partial charge in [0.1, 0.15) is 11.6 Å². The first-order valence-electron chi connectivity index (χ1n) is 10.4. The van der Waals surface area contributed by atoms with Crippen LogP contribution in [0.2, 0.25) is 0 Å². The van der Waals surface area contributed by atoms with Gasteiger partial charge in [-0.05, 0) is 61.1 Å². The van der Waals surface area contributed by atoms with Gasteiger partial charge < -0.3 is 0 Å². The zero-order valence-corrected chi connectivity index (χ0v) is 17.9. The highest BCUT2D eigenvalue weighted by Crippen LogP contribution is 2.32. The number of aryl methyl sites for hydroxylation is 4. The molecule has 0 saturated heterocycles. The van der Waals surface area contributed by atoms with Crippen molar-refractivity contribution in [2.24, 2.45) is 0 Å². The summed E-state index contributed by atoms with van der Waals surface area (Å²) in [5, 5.41) is 0. The maximum absolute atomic E-state index is 14.8. The van der Waals surface area contributed by atoms with Crippen molar-refractivity contribution in [2.45, 2.75) is 26.7 Å². The van der Waals surface area contributed by atoms with Crippen LogP contribution < -0.4 is 0 Å². The average Bonchev–Trinajstić information content (AvgIpc) is 2.78. The summed E-state index contributed by atoms with van der Waals surface area (Å²) in [7, 11) is 0. The van der Waals surface area contributed by atoms with Gasteiger partial charge in [-0.2, -0.15) is 0 Å². The van der Waals surface area contributed by atoms with Crippen LogP contribution in [0.3, 0.4) is 0 Å². The van der Waals surface area contributed by atoms with E-state index in [0.29, 0.717) is 6.42 Å². The summed E-state index contributed by atoms with van der Waals surface area (Å²) in [5.74, 6) is -3.21. The molecule has 32 heavy (non-hydrogen) atoms. The third-order valence-corrected chi connectivity index (χ3v) is 5.70. The van der Waals surface area contributed by atoms with Crippen LogP contribution in [-0.4, -0.2) is 0 Å². The van der Waals surface area contributed by atoms with Gasteiger partial charge >= 0.3 is 0 Å². The Morgan fingerprint density at radius 3 is 1.75 bits per heavy atom. The van der Waals surface area contributed by atoms with E-state index in [1.807, 2.05) is 19.1 Å². The molecule has 4 aromatic carbocycles. The molecule has 4 aromatic rings. The fourth-order valence-electron chi connectivity index (χ4n) is 3.75. The second-order valence-electron chi connectivity index (χ2n) is 8.05. The van der Waals surface area contributed by atoms with Crippen LogP contribution in [0, 0.1) is 37.1 Å². The number of rotatable bonds is 5. The third-order valence-electron chi connectivity index (χ3n) is 5.70. The van der Waals surface area contributed by atoms with E-state index in [0.717, 1.165) is 18.1 Å². The molecule has 0 N–H and O–H groups in total. The molecule has 4 rings (SSSR count). The van der Waals surface area contributed by atoms with Crippen molar-refractivity contribution in [3.05, 3.63) is 118 Å². The fraction of sp³-hybridized carbons (Fsp3) is 0.143. The minimum atomic E-state index is -1.03. The normalized spacial score (nSPS) is 11.1. The Bertz CT molecular complexity index is 1270. The van der Waals surface area contributed by atoms with E-state index in [1.54, 1.807) is 12.1 Å². The van der Waals surface area contributed by atoms with Gasteiger partial charge in [0, 0.05) is 16.7 Å². The maximum Gasteiger partial charge on any atom is 0.166 e. The number of halogens is 4. The van der Waals surface area contributed by atoms with E-state index in [1.165, 1.54) is 48.4 Å². The lowest BCUT2D eigenvalue weighted by atomic mass is 9.96. The van der Waals surface area contributed by atoms with Crippen molar-refractivity contribution >= 4 is 0 Å². The summed E-state index contributed by atoms with van der Waals surface area (Å²) < 4.78 is 57.8. The summed E-state index contributed by atoms with van der Waals surface area (Å²) in [5.41, 5.74) is 3.71. The molecule has 0 amide bonds. The summed E-state index contributed by atoms with van der Waals surface area (Å²) in [6, 6.07) is 19.8. The molecule has 0 aromatic heterocycles. The zero-order chi connectivity index (χ0) is 22.8. The second kappa shape index (κ2) is 8.99. The molecule has 0 radical (unpaired) electrons. The molecular formula is C28H22F4. The highest BCUT2D eigenvalue weighted by Gasteiger charge is 2.16. The summed E-state index contributed by atoms with van der Waals surface area (Å²) in [6.45, 7) is 3.48. The van der Waals surface area contributed by atoms with Crippen LogP contribution in [-0.2, 0) is 12.8 Å². The Morgan fingerprint density at radius 2 is 1.09 bits per heavy atom. The zero-order valence-electron chi connectivity index (χ0n) is 17.9. The Labute approximate surface area is 185 Å². The van der Waals surface area contributed by atoms with E-state index >= 15 is 0 Å². The van der Waals surface area contributed by atoms with E-state index in [2.05, 4.69) is 12.1 Å². The highest BCUT2D eigenvalue weighted by molar-refractivity contribution is 5.72. The molecule has 0 fully saturated rings. The third kappa shape index (κ3) is 4.45. The van der Waals surface area contributed by atoms with Crippen LogP contribution >= 0.6 is 0 Å². The van der Waals surface area contributed by atoms with Crippen LogP contribution in [0.4, 0.5) is 17.6 Å².